The third kappa shape index (κ3) is 8.02. The molecule has 4 atom stereocenters. The highest BCUT2D eigenvalue weighted by molar-refractivity contribution is 5.70. The van der Waals surface area contributed by atoms with Crippen LogP contribution in [-0.4, -0.2) is 64.1 Å². The van der Waals surface area contributed by atoms with E-state index in [1.54, 1.807) is 35.2 Å². The molecular formula is C34H42FN3O6. The smallest absolute Gasteiger partial charge is 0.410 e. The number of aliphatic carboxylic acids is 1. The van der Waals surface area contributed by atoms with Gasteiger partial charge in [-0.05, 0) is 91.2 Å². The highest BCUT2D eigenvalue weighted by atomic mass is 19.1. The largest absolute Gasteiger partial charge is 0.481 e. The lowest BCUT2D eigenvalue weighted by Crippen LogP contribution is -2.48. The van der Waals surface area contributed by atoms with Gasteiger partial charge in [-0.2, -0.15) is 0 Å². The van der Waals surface area contributed by atoms with Crippen molar-refractivity contribution in [3.63, 3.8) is 0 Å². The molecule has 0 aromatic heterocycles. The molecule has 1 heterocycles. The number of carbonyl (C=O) groups is 2. The number of hydrogen-bond donors (Lipinski definition) is 1. The molecule has 5 rings (SSSR count). The second kappa shape index (κ2) is 14.3. The lowest BCUT2D eigenvalue weighted by atomic mass is 9.85. The fourth-order valence-corrected chi connectivity index (χ4v) is 7.25. The Hall–Kier alpha value is -3.79. The summed E-state index contributed by atoms with van der Waals surface area (Å²) in [6.07, 6.45) is 7.34. The molecule has 2 aromatic carbocycles. The van der Waals surface area contributed by atoms with Gasteiger partial charge in [0.05, 0.1) is 10.8 Å². The minimum Gasteiger partial charge on any atom is -0.481 e. The van der Waals surface area contributed by atoms with E-state index in [0.717, 1.165) is 70.1 Å². The Bertz CT molecular complexity index is 1320. The number of piperidine rings is 1. The molecule has 236 valence electrons. The molecule has 3 fully saturated rings. The van der Waals surface area contributed by atoms with E-state index in [4.69, 9.17) is 4.74 Å². The Balaban J connectivity index is 1.19. The summed E-state index contributed by atoms with van der Waals surface area (Å²) in [4.78, 5) is 39.9. The van der Waals surface area contributed by atoms with Gasteiger partial charge < -0.3 is 19.6 Å². The zero-order valence-corrected chi connectivity index (χ0v) is 25.1. The average Bonchev–Trinajstić information content (AvgIpc) is 3.75. The summed E-state index contributed by atoms with van der Waals surface area (Å²) in [5, 5.41) is 21.0. The highest BCUT2D eigenvalue weighted by Crippen LogP contribution is 2.49. The van der Waals surface area contributed by atoms with Gasteiger partial charge in [-0.25, -0.2) is 9.18 Å². The van der Waals surface area contributed by atoms with Gasteiger partial charge in [-0.15, -0.1) is 6.58 Å². The number of hydrogen-bond acceptors (Lipinski definition) is 6. The van der Waals surface area contributed by atoms with Crippen molar-refractivity contribution >= 4 is 17.7 Å². The summed E-state index contributed by atoms with van der Waals surface area (Å²) in [5.41, 5.74) is 1.61. The molecule has 44 heavy (non-hydrogen) atoms. The first-order chi connectivity index (χ1) is 21.2. The predicted octanol–water partition coefficient (Wildman–Crippen LogP) is 6.63. The van der Waals surface area contributed by atoms with Crippen LogP contribution in [0.3, 0.4) is 0 Å². The standard InChI is InChI=1S/C34H42FN3O6/c1-2-14-37(34(41)44-22-24-8-10-30(11-9-24)38(42)43)29-12-15-36(16-13-29)21-27-18-26(32(33(39)40)17-23-6-7-23)20-31(27)25-4-3-5-28(35)19-25/h2-5,8-11,19,23,26-27,29,31-32H,1,6-7,12-18,20-22H2,(H,39,40)/t26?,27-,31-,32?/m1/s1. The molecule has 2 saturated carbocycles. The van der Waals surface area contributed by atoms with E-state index in [1.807, 2.05) is 6.07 Å². The second-order valence-electron chi connectivity index (χ2n) is 12.7. The molecule has 0 radical (unpaired) electrons. The van der Waals surface area contributed by atoms with E-state index < -0.39 is 17.0 Å². The predicted molar refractivity (Wildman–Crippen MR) is 163 cm³/mol. The summed E-state index contributed by atoms with van der Waals surface area (Å²) in [5.74, 6) is -0.362. The van der Waals surface area contributed by atoms with Gasteiger partial charge in [-0.3, -0.25) is 14.9 Å². The van der Waals surface area contributed by atoms with Crippen molar-refractivity contribution < 1.29 is 28.7 Å². The van der Waals surface area contributed by atoms with Crippen molar-refractivity contribution in [2.75, 3.05) is 26.2 Å². The number of benzene rings is 2. The van der Waals surface area contributed by atoms with Crippen LogP contribution in [0, 0.1) is 39.6 Å². The third-order valence-corrected chi connectivity index (χ3v) is 9.74. The molecule has 1 N–H and O–H groups in total. The van der Waals surface area contributed by atoms with Crippen molar-refractivity contribution in [1.82, 2.24) is 9.80 Å². The quantitative estimate of drug-likeness (QED) is 0.154. The monoisotopic (exact) mass is 607 g/mol. The number of nitro groups is 1. The van der Waals surface area contributed by atoms with E-state index >= 15 is 0 Å². The number of nitro benzene ring substituents is 1. The second-order valence-corrected chi connectivity index (χ2v) is 12.7. The SMILES string of the molecule is C=CCN(C(=O)OCc1ccc([N+](=O)[O-])cc1)C1CCN(C[C@H]2CC(C(CC3CC3)C(=O)O)C[C@@H]2c2cccc(F)c2)CC1. The van der Waals surface area contributed by atoms with Gasteiger partial charge in [0.2, 0.25) is 0 Å². The van der Waals surface area contributed by atoms with Gasteiger partial charge in [0.1, 0.15) is 12.4 Å². The maximum Gasteiger partial charge on any atom is 0.410 e. The number of carbonyl (C=O) groups excluding carboxylic acids is 1. The molecule has 2 unspecified atom stereocenters. The molecule has 2 aliphatic carbocycles. The average molecular weight is 608 g/mol. The molecule has 10 heteroatoms. The maximum atomic E-state index is 14.2. The van der Waals surface area contributed by atoms with Gasteiger partial charge in [0.15, 0.2) is 0 Å². The molecule has 1 amide bonds. The number of likely N-dealkylation sites (tertiary alicyclic amines) is 1. The Labute approximate surface area is 257 Å². The summed E-state index contributed by atoms with van der Waals surface area (Å²) in [6, 6.07) is 12.7. The zero-order valence-electron chi connectivity index (χ0n) is 25.1. The van der Waals surface area contributed by atoms with Crippen LogP contribution in [0.4, 0.5) is 14.9 Å². The number of amides is 1. The normalized spacial score (nSPS) is 23.2. The fraction of sp³-hybridized carbons (Fsp3) is 0.529. The van der Waals surface area contributed by atoms with E-state index in [2.05, 4.69) is 11.5 Å². The van der Waals surface area contributed by atoms with E-state index in [1.165, 1.54) is 18.2 Å². The number of ether oxygens (including phenoxy) is 1. The van der Waals surface area contributed by atoms with Gasteiger partial charge >= 0.3 is 12.1 Å². The molecule has 0 spiro atoms. The van der Waals surface area contributed by atoms with Gasteiger partial charge in [-0.1, -0.05) is 31.1 Å². The Morgan fingerprint density at radius 2 is 1.86 bits per heavy atom. The van der Waals surface area contributed by atoms with Crippen LogP contribution in [-0.2, 0) is 16.1 Å². The topological polar surface area (TPSA) is 113 Å². The fourth-order valence-electron chi connectivity index (χ4n) is 7.25. The summed E-state index contributed by atoms with van der Waals surface area (Å²) < 4.78 is 19.8. The Morgan fingerprint density at radius 1 is 1.14 bits per heavy atom. The first-order valence-electron chi connectivity index (χ1n) is 15.7. The first kappa shape index (κ1) is 31.6. The molecule has 1 aliphatic heterocycles. The van der Waals surface area contributed by atoms with Crippen LogP contribution in [0.15, 0.2) is 61.2 Å². The highest BCUT2D eigenvalue weighted by Gasteiger charge is 2.44. The third-order valence-electron chi connectivity index (χ3n) is 9.74. The van der Waals surface area contributed by atoms with Crippen molar-refractivity contribution in [3.8, 4) is 0 Å². The lowest BCUT2D eigenvalue weighted by molar-refractivity contribution is -0.384. The molecule has 3 aliphatic rings. The first-order valence-corrected chi connectivity index (χ1v) is 15.7. The van der Waals surface area contributed by atoms with E-state index in [-0.39, 0.29) is 47.8 Å². The summed E-state index contributed by atoms with van der Waals surface area (Å²) in [7, 11) is 0. The number of carboxylic acids is 1. The maximum absolute atomic E-state index is 14.2. The van der Waals surface area contributed by atoms with Crippen LogP contribution < -0.4 is 0 Å². The van der Waals surface area contributed by atoms with Crippen LogP contribution in [0.25, 0.3) is 0 Å². The summed E-state index contributed by atoms with van der Waals surface area (Å²) >= 11 is 0. The van der Waals surface area contributed by atoms with Crippen molar-refractivity contribution in [2.45, 2.75) is 63.5 Å². The van der Waals surface area contributed by atoms with Crippen LogP contribution in [0.2, 0.25) is 0 Å². The minimum absolute atomic E-state index is 0.0149. The minimum atomic E-state index is -0.705. The van der Waals surface area contributed by atoms with Crippen LogP contribution in [0.5, 0.6) is 0 Å². The molecule has 2 aromatic rings. The molecular weight excluding hydrogens is 565 g/mol. The van der Waals surface area contributed by atoms with E-state index in [9.17, 15) is 29.2 Å². The van der Waals surface area contributed by atoms with Gasteiger partial charge in [0.25, 0.3) is 5.69 Å². The Morgan fingerprint density at radius 3 is 2.48 bits per heavy atom. The zero-order chi connectivity index (χ0) is 31.2. The molecule has 1 saturated heterocycles. The Kier molecular flexibility index (Phi) is 10.3. The van der Waals surface area contributed by atoms with Crippen molar-refractivity contribution in [2.24, 2.45) is 23.7 Å². The lowest BCUT2D eigenvalue weighted by Gasteiger charge is -2.39. The van der Waals surface area contributed by atoms with Gasteiger partial charge in [0, 0.05) is 44.4 Å². The number of halogens is 1. The number of rotatable bonds is 13. The summed E-state index contributed by atoms with van der Waals surface area (Å²) in [6.45, 7) is 6.57. The number of non-ortho nitro benzene ring substituents is 1. The molecule has 0 bridgehead atoms. The van der Waals surface area contributed by atoms with Crippen LogP contribution in [0.1, 0.15) is 62.0 Å². The van der Waals surface area contributed by atoms with Crippen molar-refractivity contribution in [3.05, 3.63) is 88.2 Å². The molecule has 9 nitrogen and oxygen atoms in total. The number of carboxylic acid groups (broad SMARTS) is 1. The van der Waals surface area contributed by atoms with Crippen LogP contribution >= 0.6 is 0 Å². The van der Waals surface area contributed by atoms with E-state index in [0.29, 0.717) is 18.0 Å². The number of nitrogens with zero attached hydrogens (tertiary/aromatic N) is 3. The van der Waals surface area contributed by atoms with Crippen molar-refractivity contribution in [1.29, 1.82) is 0 Å².